The van der Waals surface area contributed by atoms with E-state index in [1.54, 1.807) is 0 Å². The minimum Gasteiger partial charge on any atom is -0.303 e. The Hall–Kier alpha value is -1.43. The van der Waals surface area contributed by atoms with E-state index in [9.17, 15) is 14.4 Å². The number of likely N-dealkylation sites (tertiary alicyclic amines) is 1. The number of carbonyl (C=O) groups excluding carboxylic acids is 3. The molecule has 0 aromatic rings. The number of piperidine rings is 1. The number of rotatable bonds is 3. The largest absolute Gasteiger partial charge is 0.332 e. The molecule has 2 heterocycles. The standard InChI is InChI=1S/C15H25N3O3/c1-5-15(11-8-7-9-18(6-2)10-11)12(19)16(3)14(21)17(4)13(15)20/h11H,5-10H2,1-4H3. The van der Waals surface area contributed by atoms with E-state index >= 15 is 0 Å². The highest BCUT2D eigenvalue weighted by molar-refractivity contribution is 6.18. The second kappa shape index (κ2) is 5.75. The van der Waals surface area contributed by atoms with Crippen molar-refractivity contribution in [1.82, 2.24) is 14.7 Å². The van der Waals surface area contributed by atoms with E-state index < -0.39 is 11.4 Å². The molecule has 0 spiro atoms. The van der Waals surface area contributed by atoms with Gasteiger partial charge in [0.25, 0.3) is 0 Å². The number of urea groups is 1. The predicted octanol–water partition coefficient (Wildman–Crippen LogP) is 1.17. The lowest BCUT2D eigenvalue weighted by atomic mass is 9.67. The first kappa shape index (κ1) is 15.9. The van der Waals surface area contributed by atoms with Crippen LogP contribution in [0.2, 0.25) is 0 Å². The molecule has 4 amide bonds. The van der Waals surface area contributed by atoms with Gasteiger partial charge in [-0.25, -0.2) is 4.79 Å². The molecule has 0 radical (unpaired) electrons. The topological polar surface area (TPSA) is 60.9 Å². The fourth-order valence-corrected chi connectivity index (χ4v) is 3.77. The summed E-state index contributed by atoms with van der Waals surface area (Å²) in [5, 5.41) is 0. The average molecular weight is 295 g/mol. The Morgan fingerprint density at radius 1 is 1.10 bits per heavy atom. The summed E-state index contributed by atoms with van der Waals surface area (Å²) >= 11 is 0. The Labute approximate surface area is 126 Å². The van der Waals surface area contributed by atoms with E-state index in [0.29, 0.717) is 6.42 Å². The fourth-order valence-electron chi connectivity index (χ4n) is 3.77. The number of imide groups is 2. The van der Waals surface area contributed by atoms with Crippen LogP contribution in [0.1, 0.15) is 33.1 Å². The molecule has 21 heavy (non-hydrogen) atoms. The third kappa shape index (κ3) is 2.25. The van der Waals surface area contributed by atoms with Gasteiger partial charge < -0.3 is 4.90 Å². The van der Waals surface area contributed by atoms with Crippen LogP contribution in [0.4, 0.5) is 4.79 Å². The van der Waals surface area contributed by atoms with Gasteiger partial charge in [0.15, 0.2) is 0 Å². The lowest BCUT2D eigenvalue weighted by Gasteiger charge is -2.48. The summed E-state index contributed by atoms with van der Waals surface area (Å²) in [7, 11) is 2.94. The predicted molar refractivity (Wildman–Crippen MR) is 78.5 cm³/mol. The molecule has 118 valence electrons. The quantitative estimate of drug-likeness (QED) is 0.733. The molecule has 1 atom stereocenters. The first-order chi connectivity index (χ1) is 9.90. The van der Waals surface area contributed by atoms with Gasteiger partial charge >= 0.3 is 6.03 Å². The maximum Gasteiger partial charge on any atom is 0.332 e. The lowest BCUT2D eigenvalue weighted by Crippen LogP contribution is -2.66. The number of carbonyl (C=O) groups is 3. The van der Waals surface area contributed by atoms with Gasteiger partial charge in [0.1, 0.15) is 5.41 Å². The molecule has 0 bridgehead atoms. The highest BCUT2D eigenvalue weighted by Gasteiger charge is 2.58. The summed E-state index contributed by atoms with van der Waals surface area (Å²) in [4.78, 5) is 42.0. The molecule has 0 saturated carbocycles. The molecule has 2 fully saturated rings. The Balaban J connectivity index is 2.40. The molecule has 1 unspecified atom stereocenters. The summed E-state index contributed by atoms with van der Waals surface area (Å²) in [6.07, 6.45) is 2.29. The molecule has 2 aliphatic rings. The highest BCUT2D eigenvalue weighted by Crippen LogP contribution is 2.42. The summed E-state index contributed by atoms with van der Waals surface area (Å²) in [5.74, 6) is -0.684. The maximum absolute atomic E-state index is 12.8. The van der Waals surface area contributed by atoms with Gasteiger partial charge in [-0.15, -0.1) is 0 Å². The SMILES string of the molecule is CCN1CCCC(C2(CC)C(=O)N(C)C(=O)N(C)C2=O)C1. The Kier molecular flexibility index (Phi) is 4.37. The van der Waals surface area contributed by atoms with Crippen molar-refractivity contribution < 1.29 is 14.4 Å². The second-order valence-electron chi connectivity index (χ2n) is 6.07. The van der Waals surface area contributed by atoms with Gasteiger partial charge in [-0.2, -0.15) is 0 Å². The number of amides is 4. The van der Waals surface area contributed by atoms with Gasteiger partial charge in [-0.1, -0.05) is 13.8 Å². The molecule has 2 saturated heterocycles. The van der Waals surface area contributed by atoms with Crippen molar-refractivity contribution in [3.63, 3.8) is 0 Å². The number of hydrogen-bond acceptors (Lipinski definition) is 4. The van der Waals surface area contributed by atoms with Crippen LogP contribution in [0.3, 0.4) is 0 Å². The first-order valence-electron chi connectivity index (χ1n) is 7.72. The monoisotopic (exact) mass is 295 g/mol. The van der Waals surface area contributed by atoms with E-state index in [1.807, 2.05) is 6.92 Å². The van der Waals surface area contributed by atoms with Gasteiger partial charge in [0.2, 0.25) is 11.8 Å². The Morgan fingerprint density at radius 3 is 2.14 bits per heavy atom. The van der Waals surface area contributed by atoms with Crippen LogP contribution in [0.5, 0.6) is 0 Å². The van der Waals surface area contributed by atoms with Gasteiger partial charge in [-0.3, -0.25) is 19.4 Å². The number of barbiturate groups is 1. The average Bonchev–Trinajstić information content (AvgIpc) is 2.52. The zero-order valence-corrected chi connectivity index (χ0v) is 13.4. The van der Waals surface area contributed by atoms with Crippen molar-refractivity contribution >= 4 is 17.8 Å². The fraction of sp³-hybridized carbons (Fsp3) is 0.800. The zero-order valence-electron chi connectivity index (χ0n) is 13.4. The molecular formula is C15H25N3O3. The van der Waals surface area contributed by atoms with Crippen molar-refractivity contribution in [3.8, 4) is 0 Å². The summed E-state index contributed by atoms with van der Waals surface area (Å²) in [6, 6.07) is -0.530. The van der Waals surface area contributed by atoms with E-state index in [0.717, 1.165) is 42.3 Å². The van der Waals surface area contributed by atoms with Gasteiger partial charge in [-0.05, 0) is 38.3 Å². The third-order valence-electron chi connectivity index (χ3n) is 5.15. The van der Waals surface area contributed by atoms with Crippen molar-refractivity contribution in [2.24, 2.45) is 11.3 Å². The van der Waals surface area contributed by atoms with E-state index in [1.165, 1.54) is 14.1 Å². The molecular weight excluding hydrogens is 270 g/mol. The summed E-state index contributed by atoms with van der Waals surface area (Å²) < 4.78 is 0. The van der Waals surface area contributed by atoms with Crippen LogP contribution in [0.25, 0.3) is 0 Å². The summed E-state index contributed by atoms with van der Waals surface area (Å²) in [6.45, 7) is 6.65. The van der Waals surface area contributed by atoms with Crippen LogP contribution in [-0.2, 0) is 9.59 Å². The maximum atomic E-state index is 12.8. The Bertz CT molecular complexity index is 439. The molecule has 6 nitrogen and oxygen atoms in total. The van der Waals surface area contributed by atoms with E-state index in [2.05, 4.69) is 11.8 Å². The van der Waals surface area contributed by atoms with Crippen LogP contribution in [0, 0.1) is 11.3 Å². The molecule has 0 aromatic heterocycles. The van der Waals surface area contributed by atoms with Crippen molar-refractivity contribution in [2.45, 2.75) is 33.1 Å². The molecule has 0 aliphatic carbocycles. The smallest absolute Gasteiger partial charge is 0.303 e. The highest BCUT2D eigenvalue weighted by atomic mass is 16.2. The lowest BCUT2D eigenvalue weighted by molar-refractivity contribution is -0.163. The minimum atomic E-state index is -1.08. The van der Waals surface area contributed by atoms with E-state index in [-0.39, 0.29) is 17.7 Å². The van der Waals surface area contributed by atoms with E-state index in [4.69, 9.17) is 0 Å². The van der Waals surface area contributed by atoms with Crippen molar-refractivity contribution in [3.05, 3.63) is 0 Å². The molecule has 0 aromatic carbocycles. The van der Waals surface area contributed by atoms with Crippen LogP contribution < -0.4 is 0 Å². The van der Waals surface area contributed by atoms with Gasteiger partial charge in [0, 0.05) is 20.6 Å². The number of hydrogen-bond donors (Lipinski definition) is 0. The van der Waals surface area contributed by atoms with Crippen LogP contribution in [0.15, 0.2) is 0 Å². The second-order valence-corrected chi connectivity index (χ2v) is 6.07. The third-order valence-corrected chi connectivity index (χ3v) is 5.15. The van der Waals surface area contributed by atoms with Crippen LogP contribution in [-0.4, -0.2) is 66.3 Å². The Morgan fingerprint density at radius 2 is 1.67 bits per heavy atom. The molecule has 2 rings (SSSR count). The normalized spacial score (nSPS) is 27.4. The van der Waals surface area contributed by atoms with Crippen molar-refractivity contribution in [1.29, 1.82) is 0 Å². The van der Waals surface area contributed by atoms with Gasteiger partial charge in [0.05, 0.1) is 0 Å². The first-order valence-corrected chi connectivity index (χ1v) is 7.72. The van der Waals surface area contributed by atoms with Crippen LogP contribution >= 0.6 is 0 Å². The zero-order chi connectivity index (χ0) is 15.8. The molecule has 2 aliphatic heterocycles. The number of nitrogens with zero attached hydrogens (tertiary/aromatic N) is 3. The summed E-state index contributed by atoms with van der Waals surface area (Å²) in [5.41, 5.74) is -1.08. The van der Waals surface area contributed by atoms with Crippen molar-refractivity contribution in [2.75, 3.05) is 33.7 Å². The molecule has 6 heteroatoms. The minimum absolute atomic E-state index is 0.0193. The molecule has 0 N–H and O–H groups in total.